The maximum absolute atomic E-state index is 5.68. The number of aryl methyl sites for hydroxylation is 2. The molecule has 4 bridgehead atoms. The number of hydrogen-bond donors (Lipinski definition) is 1. The molecular weight excluding hydrogens is 248 g/mol. The summed E-state index contributed by atoms with van der Waals surface area (Å²) in [5.74, 6) is 5.03. The summed E-state index contributed by atoms with van der Waals surface area (Å²) < 4.78 is 1.84. The number of hydrogen-bond acceptors (Lipinski definition) is 3. The van der Waals surface area contributed by atoms with Crippen LogP contribution in [0.1, 0.15) is 56.6 Å². The number of nitrogens with two attached hydrogens (primary N) is 1. The lowest BCUT2D eigenvalue weighted by Gasteiger charge is -2.57. The van der Waals surface area contributed by atoms with Crippen LogP contribution in [0.15, 0.2) is 0 Å². The van der Waals surface area contributed by atoms with E-state index in [2.05, 4.69) is 10.1 Å². The highest BCUT2D eigenvalue weighted by Crippen LogP contribution is 2.61. The fraction of sp³-hybridized carbons (Fsp3) is 0.875. The third-order valence-corrected chi connectivity index (χ3v) is 6.12. The molecule has 1 aromatic rings. The minimum atomic E-state index is 0.487. The highest BCUT2D eigenvalue weighted by atomic mass is 15.3. The average Bonchev–Trinajstić information content (AvgIpc) is 2.75. The van der Waals surface area contributed by atoms with Crippen molar-refractivity contribution in [1.82, 2.24) is 14.8 Å². The molecule has 4 aliphatic carbocycles. The standard InChI is InChI=1S/C16H26N4/c1-20-15(10-17)18-14(19-20)2-3-16-7-11-4-12(8-16)6-13(5-11)9-16/h11-13H,2-10,17H2,1H3. The van der Waals surface area contributed by atoms with Crippen molar-refractivity contribution < 1.29 is 0 Å². The summed E-state index contributed by atoms with van der Waals surface area (Å²) in [5, 5.41) is 4.52. The van der Waals surface area contributed by atoms with Gasteiger partial charge in [0.05, 0.1) is 6.54 Å². The lowest BCUT2D eigenvalue weighted by molar-refractivity contribution is -0.0572. The maximum atomic E-state index is 5.68. The molecule has 4 nitrogen and oxygen atoms in total. The molecule has 0 spiro atoms. The lowest BCUT2D eigenvalue weighted by Crippen LogP contribution is -2.46. The third kappa shape index (κ3) is 2.09. The highest BCUT2D eigenvalue weighted by Gasteiger charge is 2.50. The molecule has 0 radical (unpaired) electrons. The van der Waals surface area contributed by atoms with Crippen LogP contribution in [0.3, 0.4) is 0 Å². The second kappa shape index (κ2) is 4.55. The van der Waals surface area contributed by atoms with Crippen molar-refractivity contribution in [1.29, 1.82) is 0 Å². The van der Waals surface area contributed by atoms with Crippen molar-refractivity contribution in [3.8, 4) is 0 Å². The molecule has 1 heterocycles. The summed E-state index contributed by atoms with van der Waals surface area (Å²) in [6, 6.07) is 0. The Labute approximate surface area is 121 Å². The van der Waals surface area contributed by atoms with Crippen molar-refractivity contribution >= 4 is 0 Å². The van der Waals surface area contributed by atoms with E-state index in [0.717, 1.165) is 35.8 Å². The van der Waals surface area contributed by atoms with Crippen LogP contribution in [0.5, 0.6) is 0 Å². The largest absolute Gasteiger partial charge is 0.324 e. The van der Waals surface area contributed by atoms with E-state index in [4.69, 9.17) is 5.73 Å². The lowest BCUT2D eigenvalue weighted by atomic mass is 9.48. The van der Waals surface area contributed by atoms with Gasteiger partial charge >= 0.3 is 0 Å². The third-order valence-electron chi connectivity index (χ3n) is 6.12. The van der Waals surface area contributed by atoms with Crippen LogP contribution >= 0.6 is 0 Å². The van der Waals surface area contributed by atoms with Crippen molar-refractivity contribution in [2.24, 2.45) is 36.0 Å². The zero-order valence-electron chi connectivity index (χ0n) is 12.5. The van der Waals surface area contributed by atoms with Gasteiger partial charge in [-0.2, -0.15) is 5.10 Å². The van der Waals surface area contributed by atoms with Crippen LogP contribution in [-0.2, 0) is 20.0 Å². The molecule has 0 aliphatic heterocycles. The van der Waals surface area contributed by atoms with E-state index < -0.39 is 0 Å². The second-order valence-electron chi connectivity index (χ2n) is 7.69. The van der Waals surface area contributed by atoms with Crippen LogP contribution in [-0.4, -0.2) is 14.8 Å². The quantitative estimate of drug-likeness (QED) is 0.917. The van der Waals surface area contributed by atoms with Gasteiger partial charge in [-0.05, 0) is 68.1 Å². The fourth-order valence-electron chi connectivity index (χ4n) is 5.73. The molecular formula is C16H26N4. The van der Waals surface area contributed by atoms with E-state index in [1.807, 2.05) is 11.7 Å². The van der Waals surface area contributed by atoms with Gasteiger partial charge in [0.1, 0.15) is 5.82 Å². The monoisotopic (exact) mass is 274 g/mol. The first-order valence-corrected chi connectivity index (χ1v) is 8.25. The summed E-state index contributed by atoms with van der Waals surface area (Å²) >= 11 is 0. The molecule has 2 N–H and O–H groups in total. The molecule has 20 heavy (non-hydrogen) atoms. The van der Waals surface area contributed by atoms with Crippen molar-refractivity contribution in [2.45, 2.75) is 57.9 Å². The average molecular weight is 274 g/mol. The molecule has 0 atom stereocenters. The SMILES string of the molecule is Cn1nc(CCC23CC4CC(CC(C4)C2)C3)nc1CN. The Hall–Kier alpha value is -0.900. The van der Waals surface area contributed by atoms with E-state index in [0.29, 0.717) is 12.0 Å². The number of nitrogens with zero attached hydrogens (tertiary/aromatic N) is 3. The van der Waals surface area contributed by atoms with Gasteiger partial charge in [0.2, 0.25) is 0 Å². The summed E-state index contributed by atoms with van der Waals surface area (Å²) in [6.07, 6.45) is 11.4. The van der Waals surface area contributed by atoms with E-state index in [9.17, 15) is 0 Å². The zero-order valence-corrected chi connectivity index (χ0v) is 12.5. The number of rotatable bonds is 4. The molecule has 0 aromatic carbocycles. The van der Waals surface area contributed by atoms with Crippen LogP contribution in [0, 0.1) is 23.2 Å². The van der Waals surface area contributed by atoms with Crippen molar-refractivity contribution in [2.75, 3.05) is 0 Å². The van der Waals surface area contributed by atoms with Crippen molar-refractivity contribution in [3.63, 3.8) is 0 Å². The van der Waals surface area contributed by atoms with E-state index in [1.165, 1.54) is 44.9 Å². The molecule has 4 saturated carbocycles. The molecule has 5 rings (SSSR count). The Kier molecular flexibility index (Phi) is 2.92. The van der Waals surface area contributed by atoms with Gasteiger partial charge in [-0.3, -0.25) is 4.68 Å². The fourth-order valence-corrected chi connectivity index (χ4v) is 5.73. The summed E-state index contributed by atoms with van der Waals surface area (Å²) in [6.45, 7) is 0.487. The Morgan fingerprint density at radius 2 is 1.75 bits per heavy atom. The van der Waals surface area contributed by atoms with Gasteiger partial charge in [-0.1, -0.05) is 0 Å². The first-order chi connectivity index (χ1) is 9.66. The van der Waals surface area contributed by atoms with E-state index in [-0.39, 0.29) is 0 Å². The number of aromatic nitrogens is 3. The maximum Gasteiger partial charge on any atom is 0.151 e. The Morgan fingerprint density at radius 1 is 1.15 bits per heavy atom. The summed E-state index contributed by atoms with van der Waals surface area (Å²) in [4.78, 5) is 4.57. The van der Waals surface area contributed by atoms with Gasteiger partial charge in [0, 0.05) is 13.5 Å². The minimum Gasteiger partial charge on any atom is -0.324 e. The molecule has 1 aromatic heterocycles. The van der Waals surface area contributed by atoms with Gasteiger partial charge < -0.3 is 5.73 Å². The second-order valence-corrected chi connectivity index (χ2v) is 7.69. The minimum absolute atomic E-state index is 0.487. The van der Waals surface area contributed by atoms with Crippen LogP contribution in [0.25, 0.3) is 0 Å². The van der Waals surface area contributed by atoms with E-state index in [1.54, 1.807) is 0 Å². The normalized spacial score (nSPS) is 38.6. The van der Waals surface area contributed by atoms with Crippen LogP contribution in [0.2, 0.25) is 0 Å². The van der Waals surface area contributed by atoms with Gasteiger partial charge in [-0.25, -0.2) is 4.98 Å². The van der Waals surface area contributed by atoms with Gasteiger partial charge in [-0.15, -0.1) is 0 Å². The van der Waals surface area contributed by atoms with Gasteiger partial charge in [0.15, 0.2) is 5.82 Å². The molecule has 4 aliphatic rings. The smallest absolute Gasteiger partial charge is 0.151 e. The topological polar surface area (TPSA) is 56.7 Å². The summed E-state index contributed by atoms with van der Waals surface area (Å²) in [7, 11) is 1.95. The molecule has 0 unspecified atom stereocenters. The zero-order chi connectivity index (χ0) is 13.7. The highest BCUT2D eigenvalue weighted by molar-refractivity contribution is 5.03. The Balaban J connectivity index is 1.46. The Bertz CT molecular complexity index is 469. The van der Waals surface area contributed by atoms with Gasteiger partial charge in [0.25, 0.3) is 0 Å². The van der Waals surface area contributed by atoms with Crippen molar-refractivity contribution in [3.05, 3.63) is 11.6 Å². The Morgan fingerprint density at radius 3 is 2.25 bits per heavy atom. The molecule has 110 valence electrons. The first-order valence-electron chi connectivity index (χ1n) is 8.25. The molecule has 4 heteroatoms. The van der Waals surface area contributed by atoms with Crippen LogP contribution in [0.4, 0.5) is 0 Å². The van der Waals surface area contributed by atoms with Crippen LogP contribution < -0.4 is 5.73 Å². The summed E-state index contributed by atoms with van der Waals surface area (Å²) in [5.41, 5.74) is 6.32. The van der Waals surface area contributed by atoms with E-state index >= 15 is 0 Å². The molecule has 4 fully saturated rings. The predicted octanol–water partition coefficient (Wildman–Crippen LogP) is 2.42. The molecule has 0 saturated heterocycles. The predicted molar refractivity (Wildman–Crippen MR) is 77.8 cm³/mol. The molecule has 0 amide bonds. The first kappa shape index (κ1) is 12.8.